The van der Waals surface area contributed by atoms with Gasteiger partial charge in [0.25, 0.3) is 11.5 Å². The maximum Gasteiger partial charge on any atom is 0.271 e. The summed E-state index contributed by atoms with van der Waals surface area (Å²) in [5.41, 5.74) is 1.14. The van der Waals surface area contributed by atoms with Crippen molar-refractivity contribution in [3.05, 3.63) is 57.3 Å². The molecule has 0 radical (unpaired) electrons. The summed E-state index contributed by atoms with van der Waals surface area (Å²) in [4.78, 5) is 27.5. The number of rotatable bonds is 4. The maximum atomic E-state index is 13.6. The van der Waals surface area contributed by atoms with Crippen LogP contribution < -0.4 is 15.6 Å². The smallest absolute Gasteiger partial charge is 0.271 e. The van der Waals surface area contributed by atoms with Gasteiger partial charge in [0.15, 0.2) is 0 Å². The molecule has 0 spiro atoms. The lowest BCUT2D eigenvalue weighted by Gasteiger charge is -2.16. The lowest BCUT2D eigenvalue weighted by Crippen LogP contribution is -2.24. The highest BCUT2D eigenvalue weighted by Crippen LogP contribution is 2.22. The molecular formula is C17H18FN3O4S. The fourth-order valence-electron chi connectivity index (χ4n) is 2.95. The lowest BCUT2D eigenvalue weighted by molar-refractivity contribution is 0.102. The summed E-state index contributed by atoms with van der Waals surface area (Å²) in [6.07, 6.45) is 4.50. The molecule has 0 aliphatic heterocycles. The molecular weight excluding hydrogens is 361 g/mol. The van der Waals surface area contributed by atoms with Gasteiger partial charge >= 0.3 is 0 Å². The number of fused-ring (bicyclic) bond motifs is 1. The van der Waals surface area contributed by atoms with Crippen molar-refractivity contribution in [2.75, 3.05) is 16.3 Å². The number of H-pyrrole nitrogens is 1. The van der Waals surface area contributed by atoms with Gasteiger partial charge in [-0.15, -0.1) is 0 Å². The third-order valence-corrected chi connectivity index (χ3v) is 4.70. The van der Waals surface area contributed by atoms with E-state index in [-0.39, 0.29) is 16.9 Å². The molecule has 3 rings (SSSR count). The number of amides is 1. The molecule has 0 unspecified atom stereocenters. The molecule has 0 saturated carbocycles. The Morgan fingerprint density at radius 1 is 1.15 bits per heavy atom. The zero-order valence-corrected chi connectivity index (χ0v) is 14.9. The first-order chi connectivity index (χ1) is 12.2. The Morgan fingerprint density at radius 3 is 2.62 bits per heavy atom. The van der Waals surface area contributed by atoms with Crippen LogP contribution in [0.25, 0.3) is 0 Å². The van der Waals surface area contributed by atoms with Gasteiger partial charge in [-0.1, -0.05) is 0 Å². The van der Waals surface area contributed by atoms with Crippen molar-refractivity contribution >= 4 is 27.3 Å². The Balaban J connectivity index is 1.94. The van der Waals surface area contributed by atoms with E-state index in [1.807, 2.05) is 0 Å². The van der Waals surface area contributed by atoms with Crippen LogP contribution in [-0.2, 0) is 22.9 Å². The standard InChI is InChI=1S/C17H18FN3O4S/c1-26(24,25)21-14-7-6-11(18)9-12(14)16(22)20-15-8-10-4-2-3-5-13(10)19-17(15)23/h6-9,21H,2-5H2,1H3,(H,19,23)(H,20,22). The fourth-order valence-corrected chi connectivity index (χ4v) is 3.53. The van der Waals surface area contributed by atoms with E-state index in [1.54, 1.807) is 6.07 Å². The van der Waals surface area contributed by atoms with Gasteiger partial charge in [0.05, 0.1) is 17.5 Å². The first-order valence-corrected chi connectivity index (χ1v) is 9.96. The number of carbonyl (C=O) groups is 1. The van der Waals surface area contributed by atoms with Crippen molar-refractivity contribution in [3.63, 3.8) is 0 Å². The number of aromatic amines is 1. The highest BCUT2D eigenvalue weighted by Gasteiger charge is 2.18. The molecule has 26 heavy (non-hydrogen) atoms. The first kappa shape index (κ1) is 18.1. The molecule has 138 valence electrons. The topological polar surface area (TPSA) is 108 Å². The quantitative estimate of drug-likeness (QED) is 0.755. The third kappa shape index (κ3) is 4.10. The number of carbonyl (C=O) groups excluding carboxylic acids is 1. The number of anilines is 2. The summed E-state index contributed by atoms with van der Waals surface area (Å²) in [5, 5.41) is 2.45. The molecule has 1 aromatic heterocycles. The number of halogens is 1. The van der Waals surface area contributed by atoms with E-state index in [2.05, 4.69) is 15.0 Å². The summed E-state index contributed by atoms with van der Waals surface area (Å²) >= 11 is 0. The normalized spacial score (nSPS) is 13.8. The summed E-state index contributed by atoms with van der Waals surface area (Å²) in [6.45, 7) is 0. The van der Waals surface area contributed by atoms with E-state index in [0.717, 1.165) is 61.4 Å². The number of aryl methyl sites for hydroxylation is 2. The van der Waals surface area contributed by atoms with E-state index in [0.29, 0.717) is 0 Å². The van der Waals surface area contributed by atoms with Gasteiger partial charge in [-0.25, -0.2) is 12.8 Å². The largest absolute Gasteiger partial charge is 0.324 e. The molecule has 0 saturated heterocycles. The molecule has 0 bridgehead atoms. The van der Waals surface area contributed by atoms with Gasteiger partial charge in [0.1, 0.15) is 11.5 Å². The predicted molar refractivity (Wildman–Crippen MR) is 96.5 cm³/mol. The molecule has 0 atom stereocenters. The van der Waals surface area contributed by atoms with Gasteiger partial charge < -0.3 is 10.3 Å². The number of benzene rings is 1. The van der Waals surface area contributed by atoms with Gasteiger partial charge in [-0.3, -0.25) is 14.3 Å². The molecule has 0 fully saturated rings. The Bertz CT molecular complexity index is 1030. The molecule has 1 heterocycles. The van der Waals surface area contributed by atoms with E-state index in [9.17, 15) is 22.4 Å². The number of aromatic nitrogens is 1. The molecule has 1 amide bonds. The Kier molecular flexibility index (Phi) is 4.82. The second kappa shape index (κ2) is 6.91. The summed E-state index contributed by atoms with van der Waals surface area (Å²) < 4.78 is 38.6. The molecule has 1 aliphatic rings. The molecule has 9 heteroatoms. The van der Waals surface area contributed by atoms with Crippen molar-refractivity contribution in [1.29, 1.82) is 0 Å². The van der Waals surface area contributed by atoms with Crippen molar-refractivity contribution in [2.45, 2.75) is 25.7 Å². The Hall–Kier alpha value is -2.68. The van der Waals surface area contributed by atoms with Crippen molar-refractivity contribution in [2.24, 2.45) is 0 Å². The zero-order chi connectivity index (χ0) is 18.9. The summed E-state index contributed by atoms with van der Waals surface area (Å²) in [6, 6.07) is 4.72. The van der Waals surface area contributed by atoms with Crippen LogP contribution in [0.1, 0.15) is 34.5 Å². The second-order valence-electron chi connectivity index (χ2n) is 6.24. The minimum atomic E-state index is -3.66. The number of nitrogens with one attached hydrogen (secondary N) is 3. The van der Waals surface area contributed by atoms with Crippen LogP contribution in [0.5, 0.6) is 0 Å². The Labute approximate surface area is 149 Å². The van der Waals surface area contributed by atoms with Crippen LogP contribution >= 0.6 is 0 Å². The minimum absolute atomic E-state index is 0.0465. The van der Waals surface area contributed by atoms with Gasteiger partial charge in [-0.05, 0) is 55.5 Å². The Morgan fingerprint density at radius 2 is 1.88 bits per heavy atom. The van der Waals surface area contributed by atoms with Crippen molar-refractivity contribution in [1.82, 2.24) is 4.98 Å². The van der Waals surface area contributed by atoms with Crippen LogP contribution in [0.3, 0.4) is 0 Å². The van der Waals surface area contributed by atoms with Gasteiger partial charge in [0.2, 0.25) is 10.0 Å². The molecule has 2 aromatic rings. The molecule has 3 N–H and O–H groups in total. The SMILES string of the molecule is CS(=O)(=O)Nc1ccc(F)cc1C(=O)Nc1cc2c([nH]c1=O)CCCC2. The van der Waals surface area contributed by atoms with Crippen LogP contribution in [0.2, 0.25) is 0 Å². The van der Waals surface area contributed by atoms with Crippen LogP contribution in [0.4, 0.5) is 15.8 Å². The minimum Gasteiger partial charge on any atom is -0.324 e. The number of hydrogen-bond acceptors (Lipinski definition) is 4. The maximum absolute atomic E-state index is 13.6. The van der Waals surface area contributed by atoms with Crippen molar-refractivity contribution in [3.8, 4) is 0 Å². The van der Waals surface area contributed by atoms with E-state index in [4.69, 9.17) is 0 Å². The van der Waals surface area contributed by atoms with E-state index < -0.39 is 27.3 Å². The highest BCUT2D eigenvalue weighted by atomic mass is 32.2. The third-order valence-electron chi connectivity index (χ3n) is 4.11. The second-order valence-corrected chi connectivity index (χ2v) is 7.99. The summed E-state index contributed by atoms with van der Waals surface area (Å²) in [5.74, 6) is -1.48. The number of pyridine rings is 1. The van der Waals surface area contributed by atoms with Crippen molar-refractivity contribution < 1.29 is 17.6 Å². The molecule has 1 aliphatic carbocycles. The van der Waals surface area contributed by atoms with Crippen LogP contribution in [0, 0.1) is 5.82 Å². The summed E-state index contributed by atoms with van der Waals surface area (Å²) in [7, 11) is -3.66. The van der Waals surface area contributed by atoms with E-state index in [1.165, 1.54) is 0 Å². The first-order valence-electron chi connectivity index (χ1n) is 8.07. The van der Waals surface area contributed by atoms with Gasteiger partial charge in [-0.2, -0.15) is 0 Å². The lowest BCUT2D eigenvalue weighted by atomic mass is 9.96. The zero-order valence-electron chi connectivity index (χ0n) is 14.1. The molecule has 7 nitrogen and oxygen atoms in total. The average Bonchev–Trinajstić information content (AvgIpc) is 2.56. The van der Waals surface area contributed by atoms with Gasteiger partial charge in [0, 0.05) is 5.69 Å². The van der Waals surface area contributed by atoms with E-state index >= 15 is 0 Å². The monoisotopic (exact) mass is 379 g/mol. The molecule has 1 aromatic carbocycles. The average molecular weight is 379 g/mol. The fraction of sp³-hybridized carbons (Fsp3) is 0.294. The number of hydrogen-bond donors (Lipinski definition) is 3. The van der Waals surface area contributed by atoms with Crippen LogP contribution in [0.15, 0.2) is 29.1 Å². The highest BCUT2D eigenvalue weighted by molar-refractivity contribution is 7.92. The van der Waals surface area contributed by atoms with Crippen LogP contribution in [-0.4, -0.2) is 25.6 Å². The number of sulfonamides is 1. The predicted octanol–water partition coefficient (Wildman–Crippen LogP) is 2.02.